The first kappa shape index (κ1) is 15.2. The van der Waals surface area contributed by atoms with Crippen molar-refractivity contribution in [2.45, 2.75) is 6.42 Å². The highest BCUT2D eigenvalue weighted by atomic mass is 35.5. The molecule has 0 spiro atoms. The van der Waals surface area contributed by atoms with Crippen LogP contribution >= 0.6 is 11.6 Å². The summed E-state index contributed by atoms with van der Waals surface area (Å²) in [6.07, 6.45) is 0.837. The van der Waals surface area contributed by atoms with E-state index in [9.17, 15) is 4.79 Å². The maximum atomic E-state index is 10.7. The smallest absolute Gasteiger partial charge is 0.335 e. The summed E-state index contributed by atoms with van der Waals surface area (Å²) in [5.74, 6) is -0.122. The molecule has 0 aliphatic heterocycles. The molecule has 4 nitrogen and oxygen atoms in total. The van der Waals surface area contributed by atoms with E-state index in [-0.39, 0.29) is 5.56 Å². The molecule has 0 atom stereocenters. The molecule has 0 radical (unpaired) electrons. The minimum atomic E-state index is -0.919. The summed E-state index contributed by atoms with van der Waals surface area (Å²) < 4.78 is 5.57. The molecular weight excluding hydrogens is 290 g/mol. The number of halogens is 1. The van der Waals surface area contributed by atoms with E-state index in [1.807, 2.05) is 12.1 Å². The van der Waals surface area contributed by atoms with Crippen LogP contribution in [-0.2, 0) is 0 Å². The zero-order chi connectivity index (χ0) is 15.1. The maximum Gasteiger partial charge on any atom is 0.335 e. The summed E-state index contributed by atoms with van der Waals surface area (Å²) in [7, 11) is 0. The number of carboxylic acids is 1. The molecule has 2 aromatic rings. The van der Waals surface area contributed by atoms with E-state index in [1.165, 1.54) is 0 Å². The summed E-state index contributed by atoms with van der Waals surface area (Å²) in [6.45, 7) is 1.35. The third kappa shape index (κ3) is 5.00. The van der Waals surface area contributed by atoms with Gasteiger partial charge in [0.25, 0.3) is 0 Å². The van der Waals surface area contributed by atoms with Gasteiger partial charge in [0.2, 0.25) is 0 Å². The van der Waals surface area contributed by atoms with Gasteiger partial charge in [0, 0.05) is 17.3 Å². The van der Waals surface area contributed by atoms with Crippen LogP contribution in [0.3, 0.4) is 0 Å². The Bertz CT molecular complexity index is 581. The molecule has 0 saturated heterocycles. The van der Waals surface area contributed by atoms with Gasteiger partial charge in [-0.05, 0) is 55.0 Å². The van der Waals surface area contributed by atoms with Crippen molar-refractivity contribution in [2.24, 2.45) is 0 Å². The normalized spacial score (nSPS) is 10.1. The topological polar surface area (TPSA) is 58.6 Å². The number of carbonyl (C=O) groups is 1. The van der Waals surface area contributed by atoms with Crippen LogP contribution in [0.25, 0.3) is 0 Å². The van der Waals surface area contributed by atoms with E-state index in [0.717, 1.165) is 24.4 Å². The second kappa shape index (κ2) is 7.55. The summed E-state index contributed by atoms with van der Waals surface area (Å²) in [4.78, 5) is 10.7. The lowest BCUT2D eigenvalue weighted by molar-refractivity contribution is 0.0697. The van der Waals surface area contributed by atoms with Gasteiger partial charge in [-0.25, -0.2) is 4.79 Å². The molecule has 0 aliphatic carbocycles. The van der Waals surface area contributed by atoms with E-state index in [0.29, 0.717) is 11.6 Å². The number of anilines is 1. The van der Waals surface area contributed by atoms with Gasteiger partial charge in [-0.1, -0.05) is 11.6 Å². The van der Waals surface area contributed by atoms with Crippen LogP contribution < -0.4 is 10.1 Å². The van der Waals surface area contributed by atoms with Gasteiger partial charge in [0.1, 0.15) is 5.75 Å². The molecule has 0 bridgehead atoms. The fraction of sp³-hybridized carbons (Fsp3) is 0.188. The van der Waals surface area contributed by atoms with E-state index in [1.54, 1.807) is 36.4 Å². The monoisotopic (exact) mass is 305 g/mol. The van der Waals surface area contributed by atoms with E-state index < -0.39 is 5.97 Å². The molecule has 21 heavy (non-hydrogen) atoms. The van der Waals surface area contributed by atoms with E-state index >= 15 is 0 Å². The van der Waals surface area contributed by atoms with Crippen LogP contribution in [0.5, 0.6) is 5.75 Å². The summed E-state index contributed by atoms with van der Waals surface area (Å²) >= 11 is 5.79. The minimum absolute atomic E-state index is 0.284. The van der Waals surface area contributed by atoms with Crippen molar-refractivity contribution in [1.29, 1.82) is 0 Å². The van der Waals surface area contributed by atoms with Crippen molar-refractivity contribution in [1.82, 2.24) is 0 Å². The van der Waals surface area contributed by atoms with Crippen molar-refractivity contribution in [3.8, 4) is 5.75 Å². The number of nitrogens with one attached hydrogen (secondary N) is 1. The molecule has 2 N–H and O–H groups in total. The average molecular weight is 306 g/mol. The first-order valence-electron chi connectivity index (χ1n) is 6.61. The summed E-state index contributed by atoms with van der Waals surface area (Å²) in [6, 6.07) is 13.9. The highest BCUT2D eigenvalue weighted by Crippen LogP contribution is 2.15. The van der Waals surface area contributed by atoms with Crippen LogP contribution in [0.1, 0.15) is 16.8 Å². The molecule has 0 fully saturated rings. The molecule has 0 aliphatic rings. The number of rotatable bonds is 7. The second-order valence-electron chi connectivity index (χ2n) is 4.47. The van der Waals surface area contributed by atoms with Crippen LogP contribution in [0.4, 0.5) is 5.69 Å². The number of carboxylic acid groups (broad SMARTS) is 1. The summed E-state index contributed by atoms with van der Waals surface area (Å²) in [5, 5.41) is 12.7. The molecule has 0 unspecified atom stereocenters. The third-order valence-electron chi connectivity index (χ3n) is 2.86. The Balaban J connectivity index is 1.67. The Morgan fingerprint density at radius 1 is 1.10 bits per heavy atom. The van der Waals surface area contributed by atoms with E-state index in [4.69, 9.17) is 21.4 Å². The lowest BCUT2D eigenvalue weighted by atomic mass is 10.2. The van der Waals surface area contributed by atoms with Gasteiger partial charge in [0.15, 0.2) is 0 Å². The van der Waals surface area contributed by atoms with Gasteiger partial charge >= 0.3 is 5.97 Å². The zero-order valence-corrected chi connectivity index (χ0v) is 12.1. The zero-order valence-electron chi connectivity index (χ0n) is 11.4. The molecular formula is C16H16ClNO3. The number of hydrogen-bond donors (Lipinski definition) is 2. The molecule has 5 heteroatoms. The summed E-state index contributed by atoms with van der Waals surface area (Å²) in [5.41, 5.74) is 1.18. The molecule has 0 amide bonds. The van der Waals surface area contributed by atoms with Gasteiger partial charge in [-0.3, -0.25) is 0 Å². The Morgan fingerprint density at radius 2 is 1.76 bits per heavy atom. The Hall–Kier alpha value is -2.20. The van der Waals surface area contributed by atoms with Crippen molar-refractivity contribution < 1.29 is 14.6 Å². The van der Waals surface area contributed by atoms with Gasteiger partial charge < -0.3 is 15.2 Å². The highest BCUT2D eigenvalue weighted by molar-refractivity contribution is 6.30. The van der Waals surface area contributed by atoms with Crippen LogP contribution in [0.15, 0.2) is 48.5 Å². The van der Waals surface area contributed by atoms with Crippen molar-refractivity contribution in [3.05, 3.63) is 59.1 Å². The van der Waals surface area contributed by atoms with Crippen LogP contribution in [0, 0.1) is 0 Å². The molecule has 2 aromatic carbocycles. The fourth-order valence-electron chi connectivity index (χ4n) is 1.76. The molecule has 2 rings (SSSR count). The average Bonchev–Trinajstić information content (AvgIpc) is 2.49. The van der Waals surface area contributed by atoms with Crippen LogP contribution in [0.2, 0.25) is 5.02 Å². The van der Waals surface area contributed by atoms with E-state index in [2.05, 4.69) is 5.32 Å². The highest BCUT2D eigenvalue weighted by Gasteiger charge is 2.01. The number of hydrogen-bond acceptors (Lipinski definition) is 3. The predicted octanol–water partition coefficient (Wildman–Crippen LogP) is 3.92. The van der Waals surface area contributed by atoms with Gasteiger partial charge in [-0.15, -0.1) is 0 Å². The number of ether oxygens (including phenoxy) is 1. The number of benzene rings is 2. The molecule has 110 valence electrons. The maximum absolute atomic E-state index is 10.7. The Morgan fingerprint density at radius 3 is 2.38 bits per heavy atom. The van der Waals surface area contributed by atoms with Crippen LogP contribution in [-0.4, -0.2) is 24.2 Å². The Labute approximate surface area is 128 Å². The van der Waals surface area contributed by atoms with Crippen molar-refractivity contribution >= 4 is 23.3 Å². The predicted molar refractivity (Wildman–Crippen MR) is 83.5 cm³/mol. The minimum Gasteiger partial charge on any atom is -0.494 e. The third-order valence-corrected chi connectivity index (χ3v) is 3.12. The lowest BCUT2D eigenvalue weighted by Crippen LogP contribution is -2.07. The largest absolute Gasteiger partial charge is 0.494 e. The standard InChI is InChI=1S/C16H16ClNO3/c17-13-4-8-15(9-5-13)21-11-1-10-18-14-6-2-12(3-7-14)16(19)20/h2-9,18H,1,10-11H2,(H,19,20). The molecule has 0 heterocycles. The first-order chi connectivity index (χ1) is 10.1. The Kier molecular flexibility index (Phi) is 5.46. The quantitative estimate of drug-likeness (QED) is 0.761. The fourth-order valence-corrected chi connectivity index (χ4v) is 1.88. The van der Waals surface area contributed by atoms with Gasteiger partial charge in [0.05, 0.1) is 12.2 Å². The van der Waals surface area contributed by atoms with Crippen molar-refractivity contribution in [2.75, 3.05) is 18.5 Å². The SMILES string of the molecule is O=C(O)c1ccc(NCCCOc2ccc(Cl)cc2)cc1. The van der Waals surface area contributed by atoms with Crippen molar-refractivity contribution in [3.63, 3.8) is 0 Å². The number of aromatic carboxylic acids is 1. The molecule has 0 saturated carbocycles. The molecule has 0 aromatic heterocycles. The van der Waals surface area contributed by atoms with Gasteiger partial charge in [-0.2, -0.15) is 0 Å². The first-order valence-corrected chi connectivity index (χ1v) is 6.98. The second-order valence-corrected chi connectivity index (χ2v) is 4.90. The lowest BCUT2D eigenvalue weighted by Gasteiger charge is -2.08.